The molecule has 5 aromatic carbocycles. The Hall–Kier alpha value is -5.34. The van der Waals surface area contributed by atoms with E-state index in [4.69, 9.17) is 14.2 Å². The van der Waals surface area contributed by atoms with Gasteiger partial charge in [0.1, 0.15) is 0 Å². The van der Waals surface area contributed by atoms with Gasteiger partial charge in [-0.2, -0.15) is 0 Å². The zero-order valence-corrected chi connectivity index (χ0v) is 28.2. The highest BCUT2D eigenvalue weighted by molar-refractivity contribution is 6.17. The summed E-state index contributed by atoms with van der Waals surface area (Å²) in [5.41, 5.74) is 9.89. The Labute approximate surface area is 286 Å². The minimum atomic E-state index is -0.472. The minimum Gasteiger partial charge on any atom is -0.361 e. The number of nitrogens with one attached hydrogen (secondary N) is 4. The first kappa shape index (κ1) is 32.2. The molecule has 9 rings (SSSR count). The molecular weight excluding hydrogens is 608 g/mol. The summed E-state index contributed by atoms with van der Waals surface area (Å²) in [5.74, 6) is 0. The summed E-state index contributed by atoms with van der Waals surface area (Å²) in [7, 11) is 0. The molecule has 4 N–H and O–H groups in total. The van der Waals surface area contributed by atoms with E-state index >= 15 is 0 Å². The van der Waals surface area contributed by atoms with Gasteiger partial charge in [0.25, 0.3) is 6.48 Å². The van der Waals surface area contributed by atoms with Gasteiger partial charge in [0.2, 0.25) is 0 Å². The molecule has 0 saturated heterocycles. The summed E-state index contributed by atoms with van der Waals surface area (Å²) in [6.07, 6.45) is 5.19. The first-order chi connectivity index (χ1) is 24.2. The molecule has 0 atom stereocenters. The van der Waals surface area contributed by atoms with E-state index in [0.717, 1.165) is 6.42 Å². The lowest BCUT2D eigenvalue weighted by Crippen LogP contribution is -2.20. The van der Waals surface area contributed by atoms with E-state index in [1.165, 1.54) is 76.5 Å². The average Bonchev–Trinajstić information content (AvgIpc) is 3.92. The van der Waals surface area contributed by atoms with Crippen LogP contribution in [-0.4, -0.2) is 46.2 Å². The molecule has 0 saturated carbocycles. The van der Waals surface area contributed by atoms with Crippen LogP contribution in [0.15, 0.2) is 122 Å². The second-order valence-electron chi connectivity index (χ2n) is 11.8. The van der Waals surface area contributed by atoms with Gasteiger partial charge in [-0.25, -0.2) is 0 Å². The molecule has 0 aliphatic rings. The summed E-state index contributed by atoms with van der Waals surface area (Å²) in [6, 6.07) is 38.3. The Balaban J connectivity index is 0.000000136. The Morgan fingerprint density at radius 1 is 0.449 bits per heavy atom. The molecule has 0 aliphatic carbocycles. The van der Waals surface area contributed by atoms with Crippen LogP contribution in [0.5, 0.6) is 0 Å². The first-order valence-corrected chi connectivity index (χ1v) is 17.0. The van der Waals surface area contributed by atoms with Crippen molar-refractivity contribution in [1.82, 2.24) is 19.9 Å². The lowest BCUT2D eigenvalue weighted by molar-refractivity contribution is -0.282. The zero-order valence-electron chi connectivity index (χ0n) is 28.2. The molecule has 0 unspecified atom stereocenters. The van der Waals surface area contributed by atoms with E-state index < -0.39 is 6.48 Å². The van der Waals surface area contributed by atoms with Gasteiger partial charge < -0.3 is 34.1 Å². The summed E-state index contributed by atoms with van der Waals surface area (Å²) in [4.78, 5) is 13.7. The van der Waals surface area contributed by atoms with Crippen LogP contribution >= 0.6 is 0 Å². The molecule has 4 heterocycles. The predicted molar refractivity (Wildman–Crippen MR) is 205 cm³/mol. The van der Waals surface area contributed by atoms with Gasteiger partial charge in [0.15, 0.2) is 0 Å². The van der Waals surface area contributed by atoms with Crippen LogP contribution in [0.3, 0.4) is 0 Å². The monoisotopic (exact) mass is 653 g/mol. The van der Waals surface area contributed by atoms with E-state index in [2.05, 4.69) is 142 Å². The van der Waals surface area contributed by atoms with Gasteiger partial charge in [-0.05, 0) is 68.3 Å². The molecule has 0 fully saturated rings. The molecule has 0 radical (unpaired) electrons. The predicted octanol–water partition coefficient (Wildman–Crippen LogP) is 10.8. The molecule has 4 aromatic heterocycles. The van der Waals surface area contributed by atoms with Crippen LogP contribution in [0, 0.1) is 0 Å². The van der Waals surface area contributed by atoms with Crippen molar-refractivity contribution in [2.45, 2.75) is 33.7 Å². The third-order valence-corrected chi connectivity index (χ3v) is 8.77. The highest BCUT2D eigenvalue weighted by Gasteiger charge is 2.10. The Kier molecular flexibility index (Phi) is 9.75. The van der Waals surface area contributed by atoms with Crippen molar-refractivity contribution in [1.29, 1.82) is 0 Å². The fraction of sp³-hybridized carbons (Fsp3) is 0.190. The quantitative estimate of drug-likeness (QED) is 0.123. The van der Waals surface area contributed by atoms with Crippen LogP contribution in [0.4, 0.5) is 0 Å². The largest absolute Gasteiger partial charge is 0.361 e. The highest BCUT2D eigenvalue weighted by atomic mass is 16.8. The molecule has 0 bridgehead atoms. The number of ether oxygens (including phenoxy) is 3. The van der Waals surface area contributed by atoms with Crippen molar-refractivity contribution in [3.63, 3.8) is 0 Å². The molecular formula is C42H44N4O3. The van der Waals surface area contributed by atoms with E-state index in [9.17, 15) is 0 Å². The molecule has 49 heavy (non-hydrogen) atoms. The maximum absolute atomic E-state index is 5.08. The van der Waals surface area contributed by atoms with Crippen LogP contribution in [-0.2, 0) is 20.6 Å². The van der Waals surface area contributed by atoms with E-state index in [1.54, 1.807) is 0 Å². The number of aromatic amines is 4. The second kappa shape index (κ2) is 14.8. The van der Waals surface area contributed by atoms with Crippen molar-refractivity contribution in [3.8, 4) is 0 Å². The summed E-state index contributed by atoms with van der Waals surface area (Å²) < 4.78 is 15.2. The Bertz CT molecular complexity index is 2280. The molecule has 0 spiro atoms. The van der Waals surface area contributed by atoms with E-state index in [1.807, 2.05) is 20.8 Å². The topological polar surface area (TPSA) is 90.8 Å². The number of aromatic nitrogens is 4. The molecule has 9 aromatic rings. The fourth-order valence-corrected chi connectivity index (χ4v) is 6.51. The average molecular weight is 654 g/mol. The number of benzene rings is 5. The van der Waals surface area contributed by atoms with Crippen molar-refractivity contribution in [2.75, 3.05) is 19.8 Å². The van der Waals surface area contributed by atoms with E-state index in [-0.39, 0.29) is 1.43 Å². The van der Waals surface area contributed by atoms with Crippen LogP contribution in [0.25, 0.3) is 65.4 Å². The molecule has 0 aliphatic heterocycles. The highest BCUT2D eigenvalue weighted by Crippen LogP contribution is 2.33. The lowest BCUT2D eigenvalue weighted by atomic mass is 10.0. The maximum atomic E-state index is 5.08. The number of H-pyrrole nitrogens is 4. The van der Waals surface area contributed by atoms with E-state index in [0.29, 0.717) is 19.8 Å². The summed E-state index contributed by atoms with van der Waals surface area (Å²) in [5, 5.41) is 7.74. The third kappa shape index (κ3) is 6.82. The third-order valence-electron chi connectivity index (χ3n) is 8.77. The normalized spacial score (nSPS) is 11.5. The first-order valence-electron chi connectivity index (χ1n) is 17.0. The molecule has 7 nitrogen and oxygen atoms in total. The Morgan fingerprint density at radius 3 is 1.22 bits per heavy atom. The zero-order chi connectivity index (χ0) is 33.6. The smallest absolute Gasteiger partial charge is 0.271 e. The van der Waals surface area contributed by atoms with Crippen molar-refractivity contribution in [2.24, 2.45) is 0 Å². The van der Waals surface area contributed by atoms with Gasteiger partial charge in [-0.1, -0.05) is 72.8 Å². The number of hydrogen-bond donors (Lipinski definition) is 4. The minimum absolute atomic E-state index is 0. The van der Waals surface area contributed by atoms with Crippen molar-refractivity contribution >= 4 is 65.4 Å². The van der Waals surface area contributed by atoms with Crippen LogP contribution in [0.1, 0.15) is 33.3 Å². The van der Waals surface area contributed by atoms with Crippen LogP contribution in [0.2, 0.25) is 0 Å². The van der Waals surface area contributed by atoms with Gasteiger partial charge in [0, 0.05) is 105 Å². The second-order valence-corrected chi connectivity index (χ2v) is 11.8. The van der Waals surface area contributed by atoms with Gasteiger partial charge in [-0.15, -0.1) is 0 Å². The fourth-order valence-electron chi connectivity index (χ4n) is 6.51. The van der Waals surface area contributed by atoms with Gasteiger partial charge >= 0.3 is 0 Å². The van der Waals surface area contributed by atoms with Gasteiger partial charge in [0.05, 0.1) is 0 Å². The standard InChI is InChI=1S/C18H12N2.C17H14N2.C7H16O3.H2/c1-3-7-15-11(5-1)13-9-18-14(10-17(13)19-15)12-6-2-4-8-16(12)20-18;1-3-7-16-14(5-1)12(10-18-16)9-13-11-19-17-8-4-2-6-15(13)17;1-4-8-7(9-5-2)10-6-3;/h1-10,19-20H;1-8,10-11,18-19H,9H2;7H,4-6H2,1-3H3;1H/i;;;1+1. The molecule has 7 heteroatoms. The van der Waals surface area contributed by atoms with Gasteiger partial charge in [-0.3, -0.25) is 0 Å². The van der Waals surface area contributed by atoms with Crippen molar-refractivity contribution < 1.29 is 15.6 Å². The Morgan fingerprint density at radius 2 is 0.816 bits per heavy atom. The number of para-hydroxylation sites is 4. The summed E-state index contributed by atoms with van der Waals surface area (Å²) >= 11 is 0. The number of fused-ring (bicyclic) bond motifs is 8. The van der Waals surface area contributed by atoms with Crippen LogP contribution < -0.4 is 0 Å². The number of hydrogen-bond acceptors (Lipinski definition) is 3. The summed E-state index contributed by atoms with van der Waals surface area (Å²) in [6.45, 7) is 7.10. The number of rotatable bonds is 8. The molecule has 0 amide bonds. The molecule has 250 valence electrons. The SMILES string of the molecule is CCOC(OCC)OCC.[2HH].c1ccc2c(Cc3c[nH]c4ccccc34)c[nH]c2c1.c1ccc2c(c1)[nH]c1cc3c(cc12)[nH]c1ccccc13. The van der Waals surface area contributed by atoms with Crippen molar-refractivity contribution in [3.05, 3.63) is 133 Å². The maximum Gasteiger partial charge on any atom is 0.271 e. The lowest BCUT2D eigenvalue weighted by Gasteiger charge is -2.15.